The van der Waals surface area contributed by atoms with E-state index in [1.807, 2.05) is 80.3 Å². The molecule has 6 aromatic heterocycles. The molecule has 2 aliphatic rings. The molecule has 2 fully saturated rings. The number of nitrogen functional groups attached to an aromatic ring is 1. The molecule has 22 nitrogen and oxygen atoms in total. The number of nitrogens with one attached hydrogen (secondary N) is 2. The Bertz CT molecular complexity index is 4080. The number of rotatable bonds is 9. The number of carbonyl (C=O) groups excluding carboxylic acids is 3. The van der Waals surface area contributed by atoms with Gasteiger partial charge in [-0.15, -0.1) is 12.4 Å². The molecule has 8 rings (SSSR count). The Kier molecular flexibility index (Phi) is 72.3. The quantitative estimate of drug-likeness (QED) is 0.0389. The van der Waals surface area contributed by atoms with Gasteiger partial charge in [0, 0.05) is 230 Å². The van der Waals surface area contributed by atoms with Crippen LogP contribution < -0.4 is 21.1 Å². The summed E-state index contributed by atoms with van der Waals surface area (Å²) in [5, 5.41) is 24.1. The van der Waals surface area contributed by atoms with Crippen LogP contribution in [-0.2, 0) is 210 Å². The SMILES string of the molecule is CC(C)(C)OC(=O)N1C[C@H](F)C[C@H]1C(=O)O.CCc1ccc(Br)[n+](O)c1.CCc1ccc(Br)nc1.CCc1ccc(Br)nc1N.CCc1ccc(Br)nc1NC(=O)[C@@H]1C[C@@H](F)CN1C(=O)OC(C)(C)C.CCc1ccc(Br)nc1NC(C)(C)C.CS(=O)(=O)Cl.Cl.Cn1ccnc1.S.S=S.S=S=S.S=S=S=S.S=S=S=S=S. The highest BCUT2D eigenvalue weighted by molar-refractivity contribution is 9.11. The lowest BCUT2D eigenvalue weighted by Gasteiger charge is -2.27. The summed E-state index contributed by atoms with van der Waals surface area (Å²) in [6, 6.07) is 17.4. The highest BCUT2D eigenvalue weighted by Gasteiger charge is 2.43. The van der Waals surface area contributed by atoms with Crippen molar-refractivity contribution in [2.75, 3.05) is 35.7 Å². The Balaban J connectivity index is -0.000000286. The van der Waals surface area contributed by atoms with E-state index >= 15 is 0 Å². The van der Waals surface area contributed by atoms with E-state index in [0.29, 0.717) is 27.3 Å². The first-order valence-corrected chi connectivity index (χ1v) is 51.7. The Morgan fingerprint density at radius 3 is 1.38 bits per heavy atom. The summed E-state index contributed by atoms with van der Waals surface area (Å²) in [5.41, 5.74) is 9.82. The summed E-state index contributed by atoms with van der Waals surface area (Å²) >= 11 is 49.4. The van der Waals surface area contributed by atoms with Gasteiger partial charge in [0.05, 0.1) is 25.7 Å². The molecule has 111 heavy (non-hydrogen) atoms. The monoisotopic (exact) mass is 2200 g/mol. The van der Waals surface area contributed by atoms with Crippen LogP contribution in [0.4, 0.5) is 35.8 Å². The number of nitrogens with zero attached hydrogens (tertiary/aromatic N) is 9. The number of hydrogen-bond donors (Lipinski definition) is 5. The molecule has 0 aromatic carbocycles. The van der Waals surface area contributed by atoms with Gasteiger partial charge in [0.25, 0.3) is 4.60 Å². The Morgan fingerprint density at radius 2 is 1.05 bits per heavy atom. The van der Waals surface area contributed by atoms with Crippen LogP contribution in [0.25, 0.3) is 0 Å². The highest BCUT2D eigenvalue weighted by atomic mass is 79.9. The van der Waals surface area contributed by atoms with Crippen molar-refractivity contribution in [3.8, 4) is 0 Å². The van der Waals surface area contributed by atoms with Crippen LogP contribution in [-0.4, -0.2) is 143 Å². The maximum atomic E-state index is 13.9. The number of hydrogen-bond acceptors (Lipinski definition) is 24. The van der Waals surface area contributed by atoms with E-state index in [9.17, 15) is 36.4 Å². The van der Waals surface area contributed by atoms with E-state index < -0.39 is 68.7 Å². The molecule has 0 aliphatic carbocycles. The number of imidazole rings is 1. The second-order valence-corrected chi connectivity index (χ2v) is 42.1. The number of aromatic nitrogens is 7. The Morgan fingerprint density at radius 1 is 0.658 bits per heavy atom. The summed E-state index contributed by atoms with van der Waals surface area (Å²) in [5.74, 6) is 0.344. The number of carboxylic acids is 1. The fourth-order valence-electron chi connectivity index (χ4n) is 7.82. The van der Waals surface area contributed by atoms with Gasteiger partial charge in [-0.05, 0) is 211 Å². The number of carbonyl (C=O) groups is 4. The predicted molar refractivity (Wildman–Crippen MR) is 507 cm³/mol. The lowest BCUT2D eigenvalue weighted by molar-refractivity contribution is -0.913. The molecule has 0 unspecified atom stereocenters. The number of alkyl halides is 2. The highest BCUT2D eigenvalue weighted by Crippen LogP contribution is 2.27. The number of halogens is 9. The third kappa shape index (κ3) is 62.9. The summed E-state index contributed by atoms with van der Waals surface area (Å²) in [6.07, 6.45) is 10.2. The van der Waals surface area contributed by atoms with E-state index in [2.05, 4.69) is 269 Å². The van der Waals surface area contributed by atoms with Gasteiger partial charge in [-0.25, -0.2) is 56.5 Å². The maximum absolute atomic E-state index is 13.9. The second-order valence-electron chi connectivity index (χ2n) is 24.4. The summed E-state index contributed by atoms with van der Waals surface area (Å²) in [6.45, 7) is 26.5. The molecule has 3 amide bonds. The number of nitrogens with two attached hydrogens (primary N) is 1. The van der Waals surface area contributed by atoms with Crippen molar-refractivity contribution in [2.45, 2.75) is 183 Å². The first-order valence-electron chi connectivity index (χ1n) is 31.7. The van der Waals surface area contributed by atoms with E-state index in [-0.39, 0.29) is 57.4 Å². The van der Waals surface area contributed by atoms with Crippen molar-refractivity contribution in [1.29, 1.82) is 0 Å². The molecular formula is C64H94Br5Cl2F2N12O10S16+. The fourth-order valence-corrected chi connectivity index (χ4v) is 12.0. The van der Waals surface area contributed by atoms with E-state index in [0.717, 1.165) is 91.7 Å². The maximum Gasteiger partial charge on any atom is 0.411 e. The largest absolute Gasteiger partial charge is 0.480 e. The third-order valence-electron chi connectivity index (χ3n) is 12.4. The number of ether oxygens (including phenoxy) is 2. The van der Waals surface area contributed by atoms with Crippen molar-refractivity contribution in [3.63, 3.8) is 0 Å². The Hall–Kier alpha value is -1.94. The van der Waals surface area contributed by atoms with Gasteiger partial charge in [-0.3, -0.25) is 19.8 Å². The number of aliphatic carboxylic acids is 1. The molecule has 0 saturated carbocycles. The molecule has 47 heteroatoms. The van der Waals surface area contributed by atoms with Crippen molar-refractivity contribution >= 4 is 310 Å². The summed E-state index contributed by atoms with van der Waals surface area (Å²) in [7, 11) is 10.5. The average molecular weight is 2210 g/mol. The first kappa shape index (κ1) is 120. The number of carboxylic acid groups (broad SMARTS) is 1. The molecule has 628 valence electrons. The van der Waals surface area contributed by atoms with Crippen LogP contribution in [0.5, 0.6) is 0 Å². The van der Waals surface area contributed by atoms with Crippen molar-refractivity contribution < 1.29 is 60.9 Å². The average Bonchev–Trinajstić information content (AvgIpc) is 1.71. The standard InChI is InChI=1S/C17H23BrFN3O3.C11H17BrN2.C10H16FNO4.C7H9BrN2.C7H9BrNO.C7H8BrN.C4H6N2.CH3ClO2S.ClH.S5.S4.S3.S2.H2S/c1-5-10-6-7-13(18)20-14(10)21-15(23)12-8-11(19)9-22(12)16(24)25-17(2,3)4;1-5-8-6-7-9(12)13-10(8)14-11(2,3)4;1-10(2,3)16-9(15)12-5-6(11)4-7(12)8(13)14;1-2-5-3-4-6(8)10-7(5)9;1-2-6-3-4-7(8)9(10)5-6;1-2-6-3-4-7(8)9-5-6;1-6-3-2-5-4-6;1-5(2,3)4;;1-3-5-4-2;1-3-4-2;1-3-2;1-2;/h6-7,11-12H,5,8-9H2,1-4H3,(H,20,21,23);6-7H,5H2,1-4H3,(H,13,14);6-7H,4-5H2,1-3H3,(H,13,14);3-4H,2H2,1H3,(H2,9,10);3-5,10H,2H2,1H3;3-5H,2H2,1H3;2-4H,1H3;1H3;1H;;;;;1H2/q;;;;+1;;;;;;;;;/t11-,12+;;6-,7+;;;;;;;;;;;/m1.1.........../s1. The van der Waals surface area contributed by atoms with Gasteiger partial charge in [0.2, 0.25) is 21.2 Å². The molecule has 0 bridgehead atoms. The molecule has 2 aliphatic heterocycles. The van der Waals surface area contributed by atoms with Crippen molar-refractivity contribution in [3.05, 3.63) is 143 Å². The van der Waals surface area contributed by atoms with Crippen LogP contribution in [0.1, 0.15) is 138 Å². The van der Waals surface area contributed by atoms with Gasteiger partial charge in [-0.2, -0.15) is 13.5 Å². The number of amides is 3. The zero-order valence-corrected chi connectivity index (χ0v) is 85.9. The van der Waals surface area contributed by atoms with Crippen LogP contribution in [0.3, 0.4) is 0 Å². The van der Waals surface area contributed by atoms with Gasteiger partial charge in [-0.1, -0.05) is 58.9 Å². The smallest absolute Gasteiger partial charge is 0.411 e. The van der Waals surface area contributed by atoms with E-state index in [4.69, 9.17) is 25.5 Å². The third-order valence-corrected chi connectivity index (χ3v) is 21.4. The molecule has 0 radical (unpaired) electrons. The zero-order valence-electron chi connectivity index (χ0n) is 63.2. The Labute approximate surface area is 768 Å². The van der Waals surface area contributed by atoms with Gasteiger partial charge in [0.1, 0.15) is 71.5 Å². The van der Waals surface area contributed by atoms with Crippen molar-refractivity contribution in [1.82, 2.24) is 39.3 Å². The summed E-state index contributed by atoms with van der Waals surface area (Å²) in [4.78, 5) is 70.0. The minimum Gasteiger partial charge on any atom is -0.480 e. The second kappa shape index (κ2) is 66.9. The van der Waals surface area contributed by atoms with Gasteiger partial charge in [0.15, 0.2) is 0 Å². The molecule has 6 N–H and O–H groups in total. The summed E-state index contributed by atoms with van der Waals surface area (Å²) < 4.78 is 62.8. The lowest BCUT2D eigenvalue weighted by Crippen LogP contribution is -2.45. The van der Waals surface area contributed by atoms with Gasteiger partial charge >= 0.3 is 18.2 Å². The number of likely N-dealkylation sites (tertiary alicyclic amines) is 2. The molecule has 0 spiro atoms. The topological polar surface area (TPSA) is 291 Å². The minimum atomic E-state index is -3.19. The number of aryl methyl sites for hydroxylation is 6. The van der Waals surface area contributed by atoms with Crippen LogP contribution >= 0.6 is 116 Å². The molecule has 2 saturated heterocycles. The van der Waals surface area contributed by atoms with Crippen molar-refractivity contribution in [2.24, 2.45) is 7.05 Å². The normalized spacial score (nSPS) is 13.9. The zero-order chi connectivity index (χ0) is 85.0. The lowest BCUT2D eigenvalue weighted by atomic mass is 10.1. The first-order chi connectivity index (χ1) is 50.7. The fraction of sp³-hybridized carbons (Fsp3) is 0.500. The molecule has 6 aromatic rings. The number of pyridine rings is 5. The number of anilines is 3. The molecule has 8 heterocycles. The molecule has 4 atom stereocenters. The van der Waals surface area contributed by atoms with Crippen LogP contribution in [0.15, 0.2) is 115 Å². The molecular weight excluding hydrogens is 2120 g/mol. The van der Waals surface area contributed by atoms with Gasteiger partial charge < -0.3 is 35.5 Å². The van der Waals surface area contributed by atoms with Crippen LogP contribution in [0.2, 0.25) is 0 Å². The van der Waals surface area contributed by atoms with E-state index in [1.54, 1.807) is 66.3 Å². The van der Waals surface area contributed by atoms with Crippen LogP contribution in [0, 0.1) is 0 Å². The minimum absolute atomic E-state index is 0. The predicted octanol–water partition coefficient (Wildman–Crippen LogP) is 15.8. The van der Waals surface area contributed by atoms with E-state index in [1.165, 1.54) is 55.5 Å².